The first-order valence-corrected chi connectivity index (χ1v) is 12.1. The lowest BCUT2D eigenvalue weighted by Gasteiger charge is -2.42. The molecule has 2 aliphatic rings. The van der Waals surface area contributed by atoms with Crippen molar-refractivity contribution in [3.8, 4) is 35.0 Å². The van der Waals surface area contributed by atoms with E-state index in [1.807, 2.05) is 30.3 Å². The normalized spacial score (nSPS) is 16.1. The molecular formula is C27H26N2O2S. The van der Waals surface area contributed by atoms with Crippen LogP contribution in [0.3, 0.4) is 0 Å². The first kappa shape index (κ1) is 20.9. The average molecular weight is 443 g/mol. The fourth-order valence-corrected chi connectivity index (χ4v) is 6.05. The molecule has 0 bridgehead atoms. The van der Waals surface area contributed by atoms with Crippen LogP contribution in [0.15, 0.2) is 58.5 Å². The maximum atomic E-state index is 14.3. The van der Waals surface area contributed by atoms with Crippen molar-refractivity contribution in [3.63, 3.8) is 0 Å². The third-order valence-electron chi connectivity index (χ3n) is 6.79. The largest absolute Gasteiger partial charge is 0.497 e. The fraction of sp³-hybridized carbons (Fsp3) is 0.333. The highest BCUT2D eigenvalue weighted by Crippen LogP contribution is 2.49. The van der Waals surface area contributed by atoms with Gasteiger partial charge in [0.1, 0.15) is 5.75 Å². The second-order valence-electron chi connectivity index (χ2n) is 8.63. The van der Waals surface area contributed by atoms with E-state index in [0.29, 0.717) is 16.7 Å². The Labute approximate surface area is 193 Å². The summed E-state index contributed by atoms with van der Waals surface area (Å²) in [7, 11) is 1.63. The molecule has 2 aliphatic carbocycles. The zero-order chi connectivity index (χ0) is 22.1. The highest BCUT2D eigenvalue weighted by molar-refractivity contribution is 7.99. The van der Waals surface area contributed by atoms with Gasteiger partial charge in [0.15, 0.2) is 5.16 Å². The van der Waals surface area contributed by atoms with Crippen molar-refractivity contribution in [1.29, 1.82) is 0 Å². The third-order valence-corrected chi connectivity index (χ3v) is 7.63. The number of nitrogens with zero attached hydrogens (tertiary/aromatic N) is 2. The Hall–Kier alpha value is -2.97. The molecule has 2 aromatic carbocycles. The summed E-state index contributed by atoms with van der Waals surface area (Å²) in [6.45, 7) is 0. The molecule has 32 heavy (non-hydrogen) atoms. The van der Waals surface area contributed by atoms with E-state index in [0.717, 1.165) is 54.6 Å². The smallest absolute Gasteiger partial charge is 0.263 e. The molecule has 1 heterocycles. The molecule has 0 unspecified atom stereocenters. The van der Waals surface area contributed by atoms with Crippen molar-refractivity contribution in [1.82, 2.24) is 9.55 Å². The van der Waals surface area contributed by atoms with Crippen LogP contribution in [0.25, 0.3) is 16.9 Å². The van der Waals surface area contributed by atoms with Crippen LogP contribution < -0.4 is 10.3 Å². The van der Waals surface area contributed by atoms with Gasteiger partial charge in [-0.1, -0.05) is 67.3 Å². The molecule has 0 atom stereocenters. The molecule has 0 aliphatic heterocycles. The molecule has 1 aromatic heterocycles. The van der Waals surface area contributed by atoms with E-state index in [4.69, 9.17) is 16.1 Å². The van der Waals surface area contributed by atoms with Crippen LogP contribution in [0.2, 0.25) is 0 Å². The van der Waals surface area contributed by atoms with Gasteiger partial charge < -0.3 is 4.74 Å². The third kappa shape index (κ3) is 3.43. The first-order chi connectivity index (χ1) is 15.7. The van der Waals surface area contributed by atoms with Gasteiger partial charge in [0.2, 0.25) is 0 Å². The van der Waals surface area contributed by atoms with Crippen molar-refractivity contribution >= 4 is 11.8 Å². The second kappa shape index (κ2) is 8.52. The molecule has 4 nitrogen and oxygen atoms in total. The lowest BCUT2D eigenvalue weighted by Crippen LogP contribution is -2.42. The van der Waals surface area contributed by atoms with Gasteiger partial charge in [-0.15, -0.1) is 6.42 Å². The van der Waals surface area contributed by atoms with Crippen molar-refractivity contribution in [3.05, 3.63) is 70.0 Å². The van der Waals surface area contributed by atoms with E-state index in [2.05, 4.69) is 24.1 Å². The molecule has 0 N–H and O–H groups in total. The van der Waals surface area contributed by atoms with Crippen LogP contribution in [0.4, 0.5) is 0 Å². The van der Waals surface area contributed by atoms with Gasteiger partial charge in [-0.3, -0.25) is 9.36 Å². The van der Waals surface area contributed by atoms with Crippen LogP contribution in [-0.2, 0) is 11.8 Å². The summed E-state index contributed by atoms with van der Waals surface area (Å²) in [6.07, 6.45) is 12.1. The number of hydrogen-bond donors (Lipinski definition) is 0. The van der Waals surface area contributed by atoms with Crippen LogP contribution in [0, 0.1) is 12.3 Å². The Kier molecular flexibility index (Phi) is 5.57. The molecule has 1 fully saturated rings. The molecule has 5 rings (SSSR count). The number of ether oxygens (including phenoxy) is 1. The highest BCUT2D eigenvalue weighted by atomic mass is 32.2. The van der Waals surface area contributed by atoms with Gasteiger partial charge in [0.05, 0.1) is 29.8 Å². The minimum atomic E-state index is -0.151. The van der Waals surface area contributed by atoms with Crippen LogP contribution in [0.5, 0.6) is 5.75 Å². The predicted molar refractivity (Wildman–Crippen MR) is 130 cm³/mol. The monoisotopic (exact) mass is 442 g/mol. The Morgan fingerprint density at radius 3 is 2.75 bits per heavy atom. The molecule has 0 radical (unpaired) electrons. The molecular weight excluding hydrogens is 416 g/mol. The number of aromatic nitrogens is 2. The Bertz CT molecular complexity index is 1270. The maximum absolute atomic E-state index is 14.3. The molecule has 0 saturated heterocycles. The van der Waals surface area contributed by atoms with Crippen LogP contribution in [0.1, 0.15) is 43.2 Å². The van der Waals surface area contributed by atoms with E-state index >= 15 is 0 Å². The average Bonchev–Trinajstić information content (AvgIpc) is 2.83. The van der Waals surface area contributed by atoms with Crippen molar-refractivity contribution in [2.24, 2.45) is 0 Å². The predicted octanol–water partition coefficient (Wildman–Crippen LogP) is 5.39. The van der Waals surface area contributed by atoms with Crippen LogP contribution >= 0.6 is 11.8 Å². The highest BCUT2D eigenvalue weighted by Gasteiger charge is 2.43. The topological polar surface area (TPSA) is 44.1 Å². The molecule has 0 amide bonds. The second-order valence-corrected chi connectivity index (χ2v) is 9.57. The summed E-state index contributed by atoms with van der Waals surface area (Å²) in [5.74, 6) is 3.83. The van der Waals surface area contributed by atoms with Gasteiger partial charge in [0.25, 0.3) is 5.56 Å². The minimum absolute atomic E-state index is 0.0270. The fourth-order valence-electron chi connectivity index (χ4n) is 5.37. The number of methoxy groups -OCH3 is 1. The lowest BCUT2D eigenvalue weighted by atomic mass is 9.62. The van der Waals surface area contributed by atoms with Gasteiger partial charge in [0, 0.05) is 17.0 Å². The van der Waals surface area contributed by atoms with E-state index in [1.54, 1.807) is 11.7 Å². The molecule has 5 heteroatoms. The summed E-state index contributed by atoms with van der Waals surface area (Å²) >= 11 is 1.43. The standard InChI is InChI=1S/C27H26N2O2S/c1-3-16-32-26-28-24-22-13-6-5-10-19(22)18-27(14-7-4-8-15-27)23(24)25(30)29(26)20-11-9-12-21(17-20)31-2/h1,5-6,9-13,17H,4,7-8,14-16,18H2,2H3. The van der Waals surface area contributed by atoms with E-state index in [-0.39, 0.29) is 11.0 Å². The summed E-state index contributed by atoms with van der Waals surface area (Å²) in [4.78, 5) is 19.4. The van der Waals surface area contributed by atoms with Gasteiger partial charge >= 0.3 is 0 Å². The number of thioether (sulfide) groups is 1. The zero-order valence-electron chi connectivity index (χ0n) is 18.3. The summed E-state index contributed by atoms with van der Waals surface area (Å²) in [6, 6.07) is 16.0. The molecule has 3 aromatic rings. The number of rotatable bonds is 4. The maximum Gasteiger partial charge on any atom is 0.263 e. The summed E-state index contributed by atoms with van der Waals surface area (Å²) in [5.41, 5.74) is 4.73. The van der Waals surface area contributed by atoms with Crippen LogP contribution in [-0.4, -0.2) is 22.4 Å². The summed E-state index contributed by atoms with van der Waals surface area (Å²) < 4.78 is 7.17. The van der Waals surface area contributed by atoms with E-state index < -0.39 is 0 Å². The molecule has 1 spiro atoms. The first-order valence-electron chi connectivity index (χ1n) is 11.1. The quantitative estimate of drug-likeness (QED) is 0.309. The van der Waals surface area contributed by atoms with Crippen molar-refractivity contribution in [2.75, 3.05) is 12.9 Å². The van der Waals surface area contributed by atoms with Gasteiger partial charge in [-0.2, -0.15) is 0 Å². The Morgan fingerprint density at radius 2 is 1.97 bits per heavy atom. The molecule has 162 valence electrons. The van der Waals surface area contributed by atoms with E-state index in [9.17, 15) is 4.79 Å². The number of benzene rings is 2. The number of fused-ring (bicyclic) bond motifs is 4. The molecule has 1 saturated carbocycles. The SMILES string of the molecule is C#CCSc1nc2c(c(=O)n1-c1cccc(OC)c1)C1(CCCCC1)Cc1ccccc1-2. The van der Waals surface area contributed by atoms with Gasteiger partial charge in [-0.25, -0.2) is 4.98 Å². The zero-order valence-corrected chi connectivity index (χ0v) is 19.1. The van der Waals surface area contributed by atoms with Gasteiger partial charge in [-0.05, 0) is 37.0 Å². The summed E-state index contributed by atoms with van der Waals surface area (Å²) in [5, 5.41) is 0.627. The number of terminal acetylenes is 1. The van der Waals surface area contributed by atoms with E-state index in [1.165, 1.54) is 23.7 Å². The minimum Gasteiger partial charge on any atom is -0.497 e. The Morgan fingerprint density at radius 1 is 1.16 bits per heavy atom. The lowest BCUT2D eigenvalue weighted by molar-refractivity contribution is 0.283. The Balaban J connectivity index is 1.83. The van der Waals surface area contributed by atoms with Crippen molar-refractivity contribution < 1.29 is 4.74 Å². The van der Waals surface area contributed by atoms with Crippen molar-refractivity contribution in [2.45, 2.75) is 49.1 Å². The number of hydrogen-bond acceptors (Lipinski definition) is 4.